The molecule has 1 aromatic rings. The molecule has 0 aliphatic carbocycles. The summed E-state index contributed by atoms with van der Waals surface area (Å²) in [6.45, 7) is 3.00. The summed E-state index contributed by atoms with van der Waals surface area (Å²) >= 11 is 0. The molecule has 3 rings (SSSR count). The summed E-state index contributed by atoms with van der Waals surface area (Å²) in [5, 5.41) is 2.89. The highest BCUT2D eigenvalue weighted by atomic mass is 16.6. The van der Waals surface area contributed by atoms with Gasteiger partial charge in [0, 0.05) is 32.6 Å². The van der Waals surface area contributed by atoms with E-state index < -0.39 is 0 Å². The van der Waals surface area contributed by atoms with Crippen LogP contribution in [0.5, 0.6) is 0 Å². The highest BCUT2D eigenvalue weighted by molar-refractivity contribution is 5.83. The summed E-state index contributed by atoms with van der Waals surface area (Å²) in [7, 11) is 0. The Labute approximate surface area is 159 Å². The molecule has 0 bridgehead atoms. The standard InChI is InChI=1S/C20H27N3O4/c24-18-9-8-17(19(25)21-10-12-22-13-14-27-20(22)26)15-23(18)11-4-7-16-5-2-1-3-6-16/h1-3,5-6,17H,4,7-15H2,(H,21,25)/t17-/m0/s1. The predicted molar refractivity (Wildman–Crippen MR) is 100.0 cm³/mol. The van der Waals surface area contributed by atoms with E-state index in [0.29, 0.717) is 52.2 Å². The van der Waals surface area contributed by atoms with E-state index in [1.54, 1.807) is 4.90 Å². The average molecular weight is 373 g/mol. The van der Waals surface area contributed by atoms with Crippen LogP contribution >= 0.6 is 0 Å². The van der Waals surface area contributed by atoms with Gasteiger partial charge in [0.25, 0.3) is 0 Å². The molecule has 0 saturated carbocycles. The molecule has 2 aliphatic rings. The first kappa shape index (κ1) is 19.2. The Morgan fingerprint density at radius 1 is 1.15 bits per heavy atom. The molecular weight excluding hydrogens is 346 g/mol. The maximum Gasteiger partial charge on any atom is 0.409 e. The number of benzene rings is 1. The number of carbonyl (C=O) groups is 3. The molecule has 0 unspecified atom stereocenters. The van der Waals surface area contributed by atoms with Crippen molar-refractivity contribution in [2.45, 2.75) is 25.7 Å². The van der Waals surface area contributed by atoms with Gasteiger partial charge in [-0.25, -0.2) is 4.79 Å². The third-order valence-corrected chi connectivity index (χ3v) is 5.13. The van der Waals surface area contributed by atoms with Crippen LogP contribution in [0.3, 0.4) is 0 Å². The van der Waals surface area contributed by atoms with Gasteiger partial charge in [0.1, 0.15) is 6.61 Å². The molecule has 3 amide bonds. The lowest BCUT2D eigenvalue weighted by Gasteiger charge is -2.32. The second-order valence-corrected chi connectivity index (χ2v) is 7.06. The van der Waals surface area contributed by atoms with E-state index in [1.807, 2.05) is 23.1 Å². The molecular formula is C20H27N3O4. The molecule has 1 N–H and O–H groups in total. The second kappa shape index (κ2) is 9.39. The minimum atomic E-state index is -0.322. The summed E-state index contributed by atoms with van der Waals surface area (Å²) in [4.78, 5) is 39.4. The fourth-order valence-corrected chi connectivity index (χ4v) is 3.55. The van der Waals surface area contributed by atoms with Crippen LogP contribution in [0.25, 0.3) is 0 Å². The number of cyclic esters (lactones) is 1. The van der Waals surface area contributed by atoms with Gasteiger partial charge in [0.15, 0.2) is 0 Å². The highest BCUT2D eigenvalue weighted by Crippen LogP contribution is 2.18. The average Bonchev–Trinajstić information content (AvgIpc) is 3.09. The first-order valence-corrected chi connectivity index (χ1v) is 9.64. The normalized spacial score (nSPS) is 19.9. The fraction of sp³-hybridized carbons (Fsp3) is 0.550. The van der Waals surface area contributed by atoms with Crippen molar-refractivity contribution in [3.05, 3.63) is 35.9 Å². The fourth-order valence-electron chi connectivity index (χ4n) is 3.55. The van der Waals surface area contributed by atoms with E-state index in [1.165, 1.54) is 5.56 Å². The van der Waals surface area contributed by atoms with Gasteiger partial charge in [-0.15, -0.1) is 0 Å². The number of piperidine rings is 1. The number of rotatable bonds is 8. The zero-order valence-corrected chi connectivity index (χ0v) is 15.6. The van der Waals surface area contributed by atoms with Crippen molar-refractivity contribution >= 4 is 17.9 Å². The molecule has 7 heteroatoms. The summed E-state index contributed by atoms with van der Waals surface area (Å²) in [6.07, 6.45) is 2.50. The smallest absolute Gasteiger partial charge is 0.409 e. The Hall–Kier alpha value is -2.57. The molecule has 2 heterocycles. The molecule has 1 aromatic carbocycles. The van der Waals surface area contributed by atoms with Crippen molar-refractivity contribution in [2.24, 2.45) is 5.92 Å². The molecule has 0 aromatic heterocycles. The van der Waals surface area contributed by atoms with Gasteiger partial charge >= 0.3 is 6.09 Å². The summed E-state index contributed by atoms with van der Waals surface area (Å²) in [5.74, 6) is -0.0833. The van der Waals surface area contributed by atoms with Crippen LogP contribution in [0.4, 0.5) is 4.79 Å². The zero-order valence-electron chi connectivity index (χ0n) is 15.6. The van der Waals surface area contributed by atoms with Crippen molar-refractivity contribution in [3.63, 3.8) is 0 Å². The summed E-state index contributed by atoms with van der Waals surface area (Å²) < 4.78 is 4.86. The Balaban J connectivity index is 1.39. The number of aryl methyl sites for hydroxylation is 1. The third-order valence-electron chi connectivity index (χ3n) is 5.13. The van der Waals surface area contributed by atoms with Crippen LogP contribution in [0.15, 0.2) is 30.3 Å². The van der Waals surface area contributed by atoms with Gasteiger partial charge in [-0.1, -0.05) is 30.3 Å². The van der Waals surface area contributed by atoms with Crippen molar-refractivity contribution < 1.29 is 19.1 Å². The summed E-state index contributed by atoms with van der Waals surface area (Å²) in [5.41, 5.74) is 1.26. The number of ether oxygens (including phenoxy) is 1. The molecule has 2 fully saturated rings. The molecule has 2 saturated heterocycles. The Morgan fingerprint density at radius 3 is 2.70 bits per heavy atom. The number of amides is 3. The molecule has 0 spiro atoms. The monoisotopic (exact) mass is 373 g/mol. The SMILES string of the molecule is O=C(NCCN1CCOC1=O)[C@H]1CCC(=O)N(CCCc2ccccc2)C1. The topological polar surface area (TPSA) is 79.0 Å². The largest absolute Gasteiger partial charge is 0.448 e. The van der Waals surface area contributed by atoms with E-state index in [-0.39, 0.29) is 23.8 Å². The number of hydrogen-bond donors (Lipinski definition) is 1. The number of likely N-dealkylation sites (tertiary alicyclic amines) is 1. The van der Waals surface area contributed by atoms with Crippen LogP contribution in [-0.2, 0) is 20.7 Å². The van der Waals surface area contributed by atoms with Crippen molar-refractivity contribution in [1.82, 2.24) is 15.1 Å². The van der Waals surface area contributed by atoms with Gasteiger partial charge in [0.05, 0.1) is 12.5 Å². The van der Waals surface area contributed by atoms with E-state index >= 15 is 0 Å². The number of hydrogen-bond acceptors (Lipinski definition) is 4. The van der Waals surface area contributed by atoms with Gasteiger partial charge in [-0.2, -0.15) is 0 Å². The summed E-state index contributed by atoms with van der Waals surface area (Å²) in [6, 6.07) is 10.2. The molecule has 0 radical (unpaired) electrons. The van der Waals surface area contributed by atoms with Crippen molar-refractivity contribution in [2.75, 3.05) is 39.3 Å². The minimum absolute atomic E-state index is 0.0388. The molecule has 146 valence electrons. The van der Waals surface area contributed by atoms with Crippen molar-refractivity contribution in [1.29, 1.82) is 0 Å². The van der Waals surface area contributed by atoms with Crippen LogP contribution in [0.2, 0.25) is 0 Å². The first-order valence-electron chi connectivity index (χ1n) is 9.64. The quantitative estimate of drug-likeness (QED) is 0.748. The van der Waals surface area contributed by atoms with Crippen LogP contribution in [0, 0.1) is 5.92 Å². The van der Waals surface area contributed by atoms with Crippen LogP contribution < -0.4 is 5.32 Å². The molecule has 2 aliphatic heterocycles. The van der Waals surface area contributed by atoms with Gasteiger partial charge in [-0.3, -0.25) is 9.59 Å². The second-order valence-electron chi connectivity index (χ2n) is 7.06. The third kappa shape index (κ3) is 5.45. The lowest BCUT2D eigenvalue weighted by molar-refractivity contribution is -0.138. The van der Waals surface area contributed by atoms with E-state index in [0.717, 1.165) is 12.8 Å². The van der Waals surface area contributed by atoms with Crippen LogP contribution in [-0.4, -0.2) is 67.0 Å². The molecule has 7 nitrogen and oxygen atoms in total. The number of nitrogens with zero attached hydrogens (tertiary/aromatic N) is 2. The van der Waals surface area contributed by atoms with E-state index in [9.17, 15) is 14.4 Å². The Kier molecular flexibility index (Phi) is 6.68. The van der Waals surface area contributed by atoms with Gasteiger partial charge < -0.3 is 19.9 Å². The maximum atomic E-state index is 12.4. The van der Waals surface area contributed by atoms with E-state index in [4.69, 9.17) is 4.74 Å². The number of nitrogens with one attached hydrogen (secondary N) is 1. The Bertz CT molecular complexity index is 664. The first-order chi connectivity index (χ1) is 13.1. The zero-order chi connectivity index (χ0) is 19.1. The maximum absolute atomic E-state index is 12.4. The lowest BCUT2D eigenvalue weighted by Crippen LogP contribution is -2.47. The Morgan fingerprint density at radius 2 is 1.96 bits per heavy atom. The molecule has 1 atom stereocenters. The number of carbonyl (C=O) groups excluding carboxylic acids is 3. The predicted octanol–water partition coefficient (Wildman–Crippen LogP) is 1.43. The lowest BCUT2D eigenvalue weighted by atomic mass is 9.96. The molecule has 27 heavy (non-hydrogen) atoms. The van der Waals surface area contributed by atoms with E-state index in [2.05, 4.69) is 17.4 Å². The highest BCUT2D eigenvalue weighted by Gasteiger charge is 2.30. The van der Waals surface area contributed by atoms with Gasteiger partial charge in [0.2, 0.25) is 11.8 Å². The minimum Gasteiger partial charge on any atom is -0.448 e. The van der Waals surface area contributed by atoms with Crippen molar-refractivity contribution in [3.8, 4) is 0 Å². The van der Waals surface area contributed by atoms with Crippen LogP contribution in [0.1, 0.15) is 24.8 Å². The van der Waals surface area contributed by atoms with Gasteiger partial charge in [-0.05, 0) is 24.8 Å².